The lowest BCUT2D eigenvalue weighted by Gasteiger charge is -2.11. The molecule has 0 aromatic carbocycles. The Morgan fingerprint density at radius 2 is 2.31 bits per heavy atom. The fourth-order valence-electron chi connectivity index (χ4n) is 1.42. The molecule has 16 heavy (non-hydrogen) atoms. The van der Waals surface area contributed by atoms with Crippen LogP contribution < -0.4 is 5.32 Å². The minimum absolute atomic E-state index is 0.316. The summed E-state index contributed by atoms with van der Waals surface area (Å²) in [6.07, 6.45) is 5.58. The van der Waals surface area contributed by atoms with Crippen LogP contribution in [0.25, 0.3) is 5.82 Å². The molecule has 1 N–H and O–H groups in total. The molecule has 0 aliphatic heterocycles. The monoisotopic (exact) mass is 328 g/mol. The van der Waals surface area contributed by atoms with E-state index in [4.69, 9.17) is 0 Å². The van der Waals surface area contributed by atoms with Crippen molar-refractivity contribution in [1.82, 2.24) is 20.1 Å². The van der Waals surface area contributed by atoms with Crippen LogP contribution in [0.5, 0.6) is 0 Å². The standard InChI is InChI=1S/C11H13IN4/c1-8(13-2)9-3-4-14-11(5-9)16-7-10(12)6-15-16/h3-8,13H,1-2H3. The molecule has 0 radical (unpaired) electrons. The highest BCUT2D eigenvalue weighted by Crippen LogP contribution is 2.14. The Balaban J connectivity index is 2.36. The topological polar surface area (TPSA) is 42.7 Å². The summed E-state index contributed by atoms with van der Waals surface area (Å²) in [7, 11) is 1.95. The third-order valence-corrected chi connectivity index (χ3v) is 3.05. The summed E-state index contributed by atoms with van der Waals surface area (Å²) in [6.45, 7) is 2.12. The first kappa shape index (κ1) is 11.5. The molecule has 2 aromatic rings. The second-order valence-corrected chi connectivity index (χ2v) is 4.81. The van der Waals surface area contributed by atoms with Crippen LogP contribution in [-0.2, 0) is 0 Å². The summed E-state index contributed by atoms with van der Waals surface area (Å²) >= 11 is 2.23. The third-order valence-electron chi connectivity index (χ3n) is 2.49. The third kappa shape index (κ3) is 2.41. The fourth-order valence-corrected chi connectivity index (χ4v) is 1.81. The van der Waals surface area contributed by atoms with Crippen LogP contribution >= 0.6 is 22.6 Å². The molecular formula is C11H13IN4. The quantitative estimate of drug-likeness (QED) is 0.878. The van der Waals surface area contributed by atoms with Gasteiger partial charge < -0.3 is 5.32 Å². The van der Waals surface area contributed by atoms with Gasteiger partial charge in [0.25, 0.3) is 0 Å². The van der Waals surface area contributed by atoms with Crippen molar-refractivity contribution in [3.63, 3.8) is 0 Å². The number of rotatable bonds is 3. The van der Waals surface area contributed by atoms with Gasteiger partial charge in [0.2, 0.25) is 0 Å². The number of nitrogens with zero attached hydrogens (tertiary/aromatic N) is 3. The Morgan fingerprint density at radius 3 is 2.94 bits per heavy atom. The maximum atomic E-state index is 4.31. The van der Waals surface area contributed by atoms with Gasteiger partial charge in [0.15, 0.2) is 5.82 Å². The van der Waals surface area contributed by atoms with Crippen LogP contribution in [0.15, 0.2) is 30.7 Å². The van der Waals surface area contributed by atoms with E-state index < -0.39 is 0 Å². The Labute approximate surface area is 108 Å². The number of halogens is 1. The molecule has 0 spiro atoms. The van der Waals surface area contributed by atoms with Crippen molar-refractivity contribution < 1.29 is 0 Å². The minimum atomic E-state index is 0.316. The zero-order valence-corrected chi connectivity index (χ0v) is 11.3. The van der Waals surface area contributed by atoms with E-state index in [1.54, 1.807) is 4.68 Å². The highest BCUT2D eigenvalue weighted by molar-refractivity contribution is 14.1. The van der Waals surface area contributed by atoms with Gasteiger partial charge in [-0.3, -0.25) is 0 Å². The van der Waals surface area contributed by atoms with Gasteiger partial charge in [-0.25, -0.2) is 9.67 Å². The Hall–Kier alpha value is -0.950. The number of aromatic nitrogens is 3. The first-order chi connectivity index (χ1) is 7.70. The normalized spacial score (nSPS) is 12.7. The lowest BCUT2D eigenvalue weighted by molar-refractivity contribution is 0.649. The van der Waals surface area contributed by atoms with E-state index in [9.17, 15) is 0 Å². The molecule has 0 saturated heterocycles. The Bertz CT molecular complexity index is 480. The highest BCUT2D eigenvalue weighted by atomic mass is 127. The molecule has 1 unspecified atom stereocenters. The van der Waals surface area contributed by atoms with Gasteiger partial charge in [-0.05, 0) is 54.3 Å². The molecule has 2 aromatic heterocycles. The van der Waals surface area contributed by atoms with Gasteiger partial charge >= 0.3 is 0 Å². The van der Waals surface area contributed by atoms with Crippen molar-refractivity contribution in [2.75, 3.05) is 7.05 Å². The highest BCUT2D eigenvalue weighted by Gasteiger charge is 2.05. The molecule has 0 aliphatic carbocycles. The molecule has 0 fully saturated rings. The zero-order chi connectivity index (χ0) is 11.5. The van der Waals surface area contributed by atoms with Gasteiger partial charge in [-0.1, -0.05) is 0 Å². The zero-order valence-electron chi connectivity index (χ0n) is 9.18. The average molecular weight is 328 g/mol. The minimum Gasteiger partial charge on any atom is -0.313 e. The van der Waals surface area contributed by atoms with Crippen LogP contribution in [0.4, 0.5) is 0 Å². The summed E-state index contributed by atoms with van der Waals surface area (Å²) in [5.41, 5.74) is 1.21. The Morgan fingerprint density at radius 1 is 1.50 bits per heavy atom. The van der Waals surface area contributed by atoms with Gasteiger partial charge in [0, 0.05) is 18.4 Å². The van der Waals surface area contributed by atoms with E-state index in [1.165, 1.54) is 5.56 Å². The molecule has 5 heteroatoms. The van der Waals surface area contributed by atoms with Crippen molar-refractivity contribution in [3.8, 4) is 5.82 Å². The summed E-state index contributed by atoms with van der Waals surface area (Å²) in [6, 6.07) is 4.38. The van der Waals surface area contributed by atoms with Crippen LogP contribution in [0.3, 0.4) is 0 Å². The maximum Gasteiger partial charge on any atom is 0.153 e. The maximum absolute atomic E-state index is 4.31. The number of pyridine rings is 1. The average Bonchev–Trinajstić information content (AvgIpc) is 2.75. The molecule has 1 atom stereocenters. The van der Waals surface area contributed by atoms with Crippen molar-refractivity contribution in [1.29, 1.82) is 0 Å². The summed E-state index contributed by atoms with van der Waals surface area (Å²) in [5.74, 6) is 0.850. The molecule has 4 nitrogen and oxygen atoms in total. The molecule has 0 aliphatic rings. The van der Waals surface area contributed by atoms with Crippen molar-refractivity contribution in [3.05, 3.63) is 39.9 Å². The van der Waals surface area contributed by atoms with Crippen molar-refractivity contribution in [2.45, 2.75) is 13.0 Å². The fraction of sp³-hybridized carbons (Fsp3) is 0.273. The van der Waals surface area contributed by atoms with Crippen LogP contribution in [-0.4, -0.2) is 21.8 Å². The van der Waals surface area contributed by atoms with Gasteiger partial charge in [0.05, 0.1) is 9.77 Å². The smallest absolute Gasteiger partial charge is 0.153 e. The van der Waals surface area contributed by atoms with E-state index >= 15 is 0 Å². The Kier molecular flexibility index (Phi) is 3.55. The lowest BCUT2D eigenvalue weighted by atomic mass is 10.1. The molecule has 0 saturated carbocycles. The van der Waals surface area contributed by atoms with Crippen molar-refractivity contribution in [2.24, 2.45) is 0 Å². The number of hydrogen-bond acceptors (Lipinski definition) is 3. The SMILES string of the molecule is CNC(C)c1ccnc(-n2cc(I)cn2)c1. The molecule has 2 heterocycles. The predicted octanol–water partition coefficient (Wildman–Crippen LogP) is 2.15. The molecule has 0 bridgehead atoms. The van der Waals surface area contributed by atoms with E-state index in [1.807, 2.05) is 37.8 Å². The first-order valence-corrected chi connectivity index (χ1v) is 6.12. The summed E-state index contributed by atoms with van der Waals surface area (Å²) in [5, 5.41) is 7.44. The van der Waals surface area contributed by atoms with E-state index in [-0.39, 0.29) is 0 Å². The van der Waals surface area contributed by atoms with Crippen LogP contribution in [0.2, 0.25) is 0 Å². The number of nitrogens with one attached hydrogen (secondary N) is 1. The molecule has 2 rings (SSSR count). The molecule has 84 valence electrons. The van der Waals surface area contributed by atoms with Crippen LogP contribution in [0, 0.1) is 3.57 Å². The van der Waals surface area contributed by atoms with Gasteiger partial charge in [-0.2, -0.15) is 5.10 Å². The number of hydrogen-bond donors (Lipinski definition) is 1. The summed E-state index contributed by atoms with van der Waals surface area (Å²) < 4.78 is 2.89. The summed E-state index contributed by atoms with van der Waals surface area (Å²) in [4.78, 5) is 4.31. The van der Waals surface area contributed by atoms with Gasteiger partial charge in [0.1, 0.15) is 0 Å². The molecular weight excluding hydrogens is 315 g/mol. The van der Waals surface area contributed by atoms with Crippen LogP contribution in [0.1, 0.15) is 18.5 Å². The molecule has 0 amide bonds. The van der Waals surface area contributed by atoms with E-state index in [0.29, 0.717) is 6.04 Å². The van der Waals surface area contributed by atoms with Crippen molar-refractivity contribution >= 4 is 22.6 Å². The van der Waals surface area contributed by atoms with Gasteiger partial charge in [-0.15, -0.1) is 0 Å². The van der Waals surface area contributed by atoms with E-state index in [2.05, 4.69) is 44.9 Å². The second kappa shape index (κ2) is 4.92. The van der Waals surface area contributed by atoms with E-state index in [0.717, 1.165) is 9.39 Å². The lowest BCUT2D eigenvalue weighted by Crippen LogP contribution is -2.13. The second-order valence-electron chi connectivity index (χ2n) is 3.56. The largest absolute Gasteiger partial charge is 0.313 e. The first-order valence-electron chi connectivity index (χ1n) is 5.04. The predicted molar refractivity (Wildman–Crippen MR) is 71.6 cm³/mol.